The van der Waals surface area contributed by atoms with Crippen LogP contribution in [0.4, 0.5) is 10.6 Å². The normalized spacial score (nSPS) is 28.5. The molecule has 1 spiro atoms. The van der Waals surface area contributed by atoms with Crippen LogP contribution in [0.1, 0.15) is 38.2 Å². The number of piperazine rings is 1. The largest absolute Gasteiger partial charge is 0.354 e. The topological polar surface area (TPSA) is 92.6 Å². The number of rotatable bonds is 3. The van der Waals surface area contributed by atoms with Crippen LogP contribution in [0.25, 0.3) is 0 Å². The van der Waals surface area contributed by atoms with Gasteiger partial charge in [0.2, 0.25) is 0 Å². The van der Waals surface area contributed by atoms with Crippen LogP contribution in [0.3, 0.4) is 0 Å². The molecule has 1 aliphatic carbocycles. The van der Waals surface area contributed by atoms with E-state index in [1.54, 1.807) is 18.3 Å². The van der Waals surface area contributed by atoms with Crippen molar-refractivity contribution in [3.8, 4) is 6.07 Å². The van der Waals surface area contributed by atoms with Crippen molar-refractivity contribution < 1.29 is 9.59 Å². The summed E-state index contributed by atoms with van der Waals surface area (Å²) in [6.07, 6.45) is 5.09. The molecule has 3 fully saturated rings. The third kappa shape index (κ3) is 3.42. The van der Waals surface area contributed by atoms with Crippen LogP contribution >= 0.6 is 0 Å². The van der Waals surface area contributed by atoms with Gasteiger partial charge in [0.25, 0.3) is 5.91 Å². The van der Waals surface area contributed by atoms with E-state index in [0.29, 0.717) is 18.2 Å². The Kier molecular flexibility index (Phi) is 4.94. The van der Waals surface area contributed by atoms with Gasteiger partial charge < -0.3 is 10.2 Å². The van der Waals surface area contributed by atoms with Crippen LogP contribution in [-0.4, -0.2) is 65.1 Å². The number of aromatic nitrogens is 1. The summed E-state index contributed by atoms with van der Waals surface area (Å²) in [5.74, 6) is 1.35. The van der Waals surface area contributed by atoms with Gasteiger partial charge in [-0.25, -0.2) is 14.7 Å². The van der Waals surface area contributed by atoms with Crippen molar-refractivity contribution in [3.63, 3.8) is 0 Å². The highest BCUT2D eigenvalue weighted by atomic mass is 16.2. The van der Waals surface area contributed by atoms with Crippen LogP contribution in [0.5, 0.6) is 0 Å². The van der Waals surface area contributed by atoms with Gasteiger partial charge in [0.1, 0.15) is 11.4 Å². The van der Waals surface area contributed by atoms with E-state index in [1.165, 1.54) is 4.90 Å². The summed E-state index contributed by atoms with van der Waals surface area (Å²) >= 11 is 0. The average molecular weight is 382 g/mol. The van der Waals surface area contributed by atoms with E-state index < -0.39 is 5.54 Å². The van der Waals surface area contributed by atoms with Crippen molar-refractivity contribution in [2.45, 2.75) is 38.1 Å². The Balaban J connectivity index is 1.35. The molecule has 4 rings (SSSR count). The van der Waals surface area contributed by atoms with Crippen LogP contribution in [-0.2, 0) is 4.79 Å². The number of carbonyl (C=O) groups is 2. The Hall–Kier alpha value is -2.66. The van der Waals surface area contributed by atoms with Gasteiger partial charge in [0, 0.05) is 32.4 Å². The number of hydrogen-bond donors (Lipinski definition) is 1. The fraction of sp³-hybridized carbons (Fsp3) is 0.600. The molecule has 8 heteroatoms. The van der Waals surface area contributed by atoms with E-state index >= 15 is 0 Å². The van der Waals surface area contributed by atoms with Gasteiger partial charge in [-0.3, -0.25) is 9.69 Å². The summed E-state index contributed by atoms with van der Waals surface area (Å²) in [6, 6.07) is 5.37. The molecule has 3 heterocycles. The molecule has 1 saturated carbocycles. The molecule has 0 radical (unpaired) electrons. The van der Waals surface area contributed by atoms with Gasteiger partial charge in [-0.1, -0.05) is 6.92 Å². The second kappa shape index (κ2) is 7.40. The van der Waals surface area contributed by atoms with Gasteiger partial charge in [-0.05, 0) is 43.7 Å². The molecule has 2 saturated heterocycles. The summed E-state index contributed by atoms with van der Waals surface area (Å²) in [6.45, 7) is 5.50. The maximum atomic E-state index is 13.0. The second-order valence-corrected chi connectivity index (χ2v) is 8.19. The minimum Gasteiger partial charge on any atom is -0.354 e. The number of nitrogens with one attached hydrogen (secondary N) is 1. The monoisotopic (exact) mass is 382 g/mol. The lowest BCUT2D eigenvalue weighted by molar-refractivity contribution is -0.134. The van der Waals surface area contributed by atoms with Crippen molar-refractivity contribution in [3.05, 3.63) is 23.9 Å². The molecule has 3 amide bonds. The van der Waals surface area contributed by atoms with Gasteiger partial charge in [0.15, 0.2) is 0 Å². The first kappa shape index (κ1) is 18.7. The van der Waals surface area contributed by atoms with E-state index in [2.05, 4.69) is 33.1 Å². The quantitative estimate of drug-likeness (QED) is 0.797. The molecule has 1 aromatic rings. The first-order valence-electron chi connectivity index (χ1n) is 9.98. The SMILES string of the molecule is CC1CCC2(CC1)NC(=O)N(CN1CCN(c3cc(C#N)ccn3)CC1)C2=O. The summed E-state index contributed by atoms with van der Waals surface area (Å²) in [5.41, 5.74) is -0.0774. The molecule has 1 N–H and O–H groups in total. The number of imide groups is 1. The van der Waals surface area contributed by atoms with Crippen LogP contribution in [0.15, 0.2) is 18.3 Å². The maximum absolute atomic E-state index is 13.0. The van der Waals surface area contributed by atoms with Crippen molar-refractivity contribution in [1.29, 1.82) is 5.26 Å². The summed E-state index contributed by atoms with van der Waals surface area (Å²) in [7, 11) is 0. The molecular formula is C20H26N6O2. The third-order valence-corrected chi connectivity index (χ3v) is 6.29. The van der Waals surface area contributed by atoms with Crippen LogP contribution in [0.2, 0.25) is 0 Å². The molecule has 2 aliphatic heterocycles. The number of amides is 3. The lowest BCUT2D eigenvalue weighted by Gasteiger charge is -2.37. The number of hydrogen-bond acceptors (Lipinski definition) is 6. The molecular weight excluding hydrogens is 356 g/mol. The fourth-order valence-corrected chi connectivity index (χ4v) is 4.38. The highest BCUT2D eigenvalue weighted by Gasteiger charge is 2.52. The maximum Gasteiger partial charge on any atom is 0.326 e. The first-order valence-corrected chi connectivity index (χ1v) is 9.98. The van der Waals surface area contributed by atoms with Crippen LogP contribution in [0, 0.1) is 17.2 Å². The number of pyridine rings is 1. The third-order valence-electron chi connectivity index (χ3n) is 6.29. The van der Waals surface area contributed by atoms with Gasteiger partial charge in [-0.2, -0.15) is 5.26 Å². The van der Waals surface area contributed by atoms with Crippen molar-refractivity contribution in [2.24, 2.45) is 5.92 Å². The van der Waals surface area contributed by atoms with Crippen molar-refractivity contribution in [2.75, 3.05) is 37.7 Å². The fourth-order valence-electron chi connectivity index (χ4n) is 4.38. The average Bonchev–Trinajstić information content (AvgIpc) is 2.95. The Morgan fingerprint density at radius 2 is 1.96 bits per heavy atom. The van der Waals surface area contributed by atoms with E-state index in [1.807, 2.05) is 0 Å². The smallest absolute Gasteiger partial charge is 0.326 e. The van der Waals surface area contributed by atoms with Gasteiger partial charge in [0.05, 0.1) is 18.3 Å². The molecule has 8 nitrogen and oxygen atoms in total. The standard InChI is InChI=1S/C20H26N6O2/c1-15-2-5-20(6-3-15)18(27)26(19(28)23-20)14-24-8-10-25(11-9-24)17-12-16(13-21)4-7-22-17/h4,7,12,15H,2-3,5-6,8-11,14H2,1H3,(H,23,28). The lowest BCUT2D eigenvalue weighted by Crippen LogP contribution is -2.52. The minimum atomic E-state index is -0.674. The number of nitrogens with zero attached hydrogens (tertiary/aromatic N) is 5. The predicted molar refractivity (Wildman–Crippen MR) is 103 cm³/mol. The zero-order valence-corrected chi connectivity index (χ0v) is 16.2. The van der Waals surface area contributed by atoms with E-state index in [0.717, 1.165) is 57.7 Å². The Morgan fingerprint density at radius 1 is 1.25 bits per heavy atom. The van der Waals surface area contributed by atoms with Crippen molar-refractivity contribution in [1.82, 2.24) is 20.1 Å². The number of anilines is 1. The number of nitriles is 1. The zero-order chi connectivity index (χ0) is 19.7. The molecule has 28 heavy (non-hydrogen) atoms. The summed E-state index contributed by atoms with van der Waals surface area (Å²) in [5, 5.41) is 12.0. The molecule has 3 aliphatic rings. The van der Waals surface area contributed by atoms with E-state index in [4.69, 9.17) is 5.26 Å². The first-order chi connectivity index (χ1) is 13.5. The minimum absolute atomic E-state index is 0.0600. The predicted octanol–water partition coefficient (Wildman–Crippen LogP) is 1.53. The second-order valence-electron chi connectivity index (χ2n) is 8.19. The van der Waals surface area contributed by atoms with Gasteiger partial charge in [-0.15, -0.1) is 0 Å². The number of urea groups is 1. The lowest BCUT2D eigenvalue weighted by atomic mass is 9.77. The Bertz CT molecular complexity index is 803. The van der Waals surface area contributed by atoms with E-state index in [-0.39, 0.29) is 11.9 Å². The Morgan fingerprint density at radius 3 is 2.64 bits per heavy atom. The highest BCUT2D eigenvalue weighted by Crippen LogP contribution is 2.36. The molecule has 0 bridgehead atoms. The molecule has 0 atom stereocenters. The summed E-state index contributed by atoms with van der Waals surface area (Å²) in [4.78, 5) is 35.5. The molecule has 0 aromatic carbocycles. The van der Waals surface area contributed by atoms with E-state index in [9.17, 15) is 9.59 Å². The van der Waals surface area contributed by atoms with Crippen LogP contribution < -0.4 is 10.2 Å². The molecule has 148 valence electrons. The van der Waals surface area contributed by atoms with Crippen molar-refractivity contribution >= 4 is 17.8 Å². The zero-order valence-electron chi connectivity index (χ0n) is 16.2. The van der Waals surface area contributed by atoms with Gasteiger partial charge >= 0.3 is 6.03 Å². The Labute approximate surface area is 165 Å². The highest BCUT2D eigenvalue weighted by molar-refractivity contribution is 6.07. The molecule has 0 unspecified atom stereocenters. The molecule has 1 aromatic heterocycles. The summed E-state index contributed by atoms with van der Waals surface area (Å²) < 4.78 is 0. The number of carbonyl (C=O) groups excluding carboxylic acids is 2.